The van der Waals surface area contributed by atoms with Crippen LogP contribution in [0.3, 0.4) is 0 Å². The number of aryl methyl sites for hydroxylation is 3. The van der Waals surface area contributed by atoms with E-state index in [2.05, 4.69) is 20.8 Å². The van der Waals surface area contributed by atoms with Crippen LogP contribution in [0.5, 0.6) is 5.75 Å². The van der Waals surface area contributed by atoms with E-state index in [0.717, 1.165) is 22.4 Å². The molecule has 0 radical (unpaired) electrons. The number of nitrogens with zero attached hydrogens (tertiary/aromatic N) is 1. The van der Waals surface area contributed by atoms with E-state index >= 15 is 0 Å². The van der Waals surface area contributed by atoms with Gasteiger partial charge in [0.1, 0.15) is 29.1 Å². The lowest BCUT2D eigenvalue weighted by Crippen LogP contribution is -2.30. The number of aliphatic hydroxyl groups excluding tert-OH is 1. The quantitative estimate of drug-likeness (QED) is 0.251. The average Bonchev–Trinajstić information content (AvgIpc) is 3.35. The van der Waals surface area contributed by atoms with Crippen LogP contribution in [0.1, 0.15) is 67.5 Å². The molecule has 3 aromatic rings. The molecule has 1 aliphatic heterocycles. The molecule has 2 heterocycles. The molecule has 6 heteroatoms. The number of ketones is 1. The van der Waals surface area contributed by atoms with Crippen LogP contribution in [0, 0.1) is 20.8 Å². The fraction of sp³-hybridized carbons (Fsp3) is 0.333. The van der Waals surface area contributed by atoms with Gasteiger partial charge in [-0.3, -0.25) is 14.5 Å². The van der Waals surface area contributed by atoms with Gasteiger partial charge >= 0.3 is 0 Å². The summed E-state index contributed by atoms with van der Waals surface area (Å²) in [6, 6.07) is 13.7. The van der Waals surface area contributed by atoms with Crippen molar-refractivity contribution in [3.8, 4) is 5.75 Å². The molecule has 0 saturated carbocycles. The normalized spacial score (nSPS) is 17.6. The maximum atomic E-state index is 13.5. The van der Waals surface area contributed by atoms with Crippen molar-refractivity contribution < 1.29 is 23.8 Å². The fourth-order valence-corrected chi connectivity index (χ4v) is 4.63. The van der Waals surface area contributed by atoms with Crippen LogP contribution in [0.2, 0.25) is 0 Å². The van der Waals surface area contributed by atoms with Gasteiger partial charge in [-0.25, -0.2) is 0 Å². The molecule has 0 bridgehead atoms. The summed E-state index contributed by atoms with van der Waals surface area (Å²) in [5, 5.41) is 11.5. The number of aliphatic hydroxyl groups is 1. The van der Waals surface area contributed by atoms with Crippen LogP contribution in [0.4, 0.5) is 5.69 Å². The van der Waals surface area contributed by atoms with Gasteiger partial charge in [-0.15, -0.1) is 0 Å². The zero-order valence-corrected chi connectivity index (χ0v) is 21.9. The van der Waals surface area contributed by atoms with Gasteiger partial charge < -0.3 is 14.3 Å². The summed E-state index contributed by atoms with van der Waals surface area (Å²) in [7, 11) is 0. The Balaban J connectivity index is 1.96. The number of hydrogen-bond donors (Lipinski definition) is 1. The molecule has 1 aromatic heterocycles. The van der Waals surface area contributed by atoms with Gasteiger partial charge in [0.25, 0.3) is 11.7 Å². The molecule has 1 N–H and O–H groups in total. The molecule has 4 rings (SSSR count). The Morgan fingerprint density at radius 2 is 1.75 bits per heavy atom. The Morgan fingerprint density at radius 3 is 2.36 bits per heavy atom. The van der Waals surface area contributed by atoms with Crippen molar-refractivity contribution >= 4 is 23.1 Å². The molecule has 1 unspecified atom stereocenters. The lowest BCUT2D eigenvalue weighted by molar-refractivity contribution is -0.132. The minimum atomic E-state index is -0.899. The molecular formula is C30H33NO5. The van der Waals surface area contributed by atoms with Crippen molar-refractivity contribution in [3.63, 3.8) is 0 Å². The first kappa shape index (κ1) is 25.3. The zero-order valence-electron chi connectivity index (χ0n) is 21.9. The average molecular weight is 488 g/mol. The highest BCUT2D eigenvalue weighted by atomic mass is 16.5. The van der Waals surface area contributed by atoms with E-state index in [9.17, 15) is 14.7 Å². The van der Waals surface area contributed by atoms with Crippen molar-refractivity contribution in [1.82, 2.24) is 0 Å². The van der Waals surface area contributed by atoms with Crippen LogP contribution in [0.15, 0.2) is 58.5 Å². The number of amides is 1. The molecule has 1 fully saturated rings. The van der Waals surface area contributed by atoms with E-state index < -0.39 is 17.7 Å². The summed E-state index contributed by atoms with van der Waals surface area (Å²) >= 11 is 0. The van der Waals surface area contributed by atoms with Crippen molar-refractivity contribution in [3.05, 3.63) is 87.9 Å². The van der Waals surface area contributed by atoms with Crippen molar-refractivity contribution in [2.45, 2.75) is 59.9 Å². The van der Waals surface area contributed by atoms with E-state index in [1.54, 1.807) is 31.2 Å². The number of carbonyl (C=O) groups excluding carboxylic acids is 2. The summed E-state index contributed by atoms with van der Waals surface area (Å²) in [6.07, 6.45) is 0. The number of anilines is 1. The van der Waals surface area contributed by atoms with E-state index in [0.29, 0.717) is 29.4 Å². The molecule has 36 heavy (non-hydrogen) atoms. The number of carbonyl (C=O) groups is 2. The number of ether oxygens (including phenoxy) is 1. The van der Waals surface area contributed by atoms with Crippen LogP contribution >= 0.6 is 0 Å². The molecule has 1 aliphatic rings. The third-order valence-electron chi connectivity index (χ3n) is 6.46. The second-order valence-corrected chi connectivity index (χ2v) is 10.3. The zero-order chi connectivity index (χ0) is 26.4. The molecule has 1 atom stereocenters. The lowest BCUT2D eigenvalue weighted by Gasteiger charge is -2.26. The highest BCUT2D eigenvalue weighted by Crippen LogP contribution is 2.44. The van der Waals surface area contributed by atoms with Crippen LogP contribution in [-0.2, 0) is 15.0 Å². The summed E-state index contributed by atoms with van der Waals surface area (Å²) in [5.41, 5.74) is 3.46. The predicted molar refractivity (Wildman–Crippen MR) is 140 cm³/mol. The molecule has 188 valence electrons. The Morgan fingerprint density at radius 1 is 1.03 bits per heavy atom. The van der Waals surface area contributed by atoms with Gasteiger partial charge in [0.15, 0.2) is 0 Å². The summed E-state index contributed by atoms with van der Waals surface area (Å²) in [5.74, 6) is 0.0815. The third kappa shape index (κ3) is 4.43. The number of furan rings is 1. The second kappa shape index (κ2) is 9.34. The van der Waals surface area contributed by atoms with E-state index in [-0.39, 0.29) is 16.7 Å². The van der Waals surface area contributed by atoms with E-state index in [4.69, 9.17) is 9.15 Å². The second-order valence-electron chi connectivity index (χ2n) is 10.3. The van der Waals surface area contributed by atoms with Gasteiger partial charge in [-0.2, -0.15) is 0 Å². The first-order valence-corrected chi connectivity index (χ1v) is 12.2. The first-order valence-electron chi connectivity index (χ1n) is 12.2. The van der Waals surface area contributed by atoms with Gasteiger partial charge in [0, 0.05) is 16.8 Å². The topological polar surface area (TPSA) is 80.0 Å². The van der Waals surface area contributed by atoms with Gasteiger partial charge in [-0.1, -0.05) is 32.9 Å². The van der Waals surface area contributed by atoms with Crippen molar-refractivity contribution in [2.24, 2.45) is 0 Å². The van der Waals surface area contributed by atoms with Crippen LogP contribution in [-0.4, -0.2) is 23.4 Å². The Bertz CT molecular complexity index is 1370. The molecule has 1 amide bonds. The molecule has 1 saturated heterocycles. The third-order valence-corrected chi connectivity index (χ3v) is 6.46. The first-order chi connectivity index (χ1) is 16.9. The van der Waals surface area contributed by atoms with E-state index in [1.807, 2.05) is 45.0 Å². The minimum absolute atomic E-state index is 0.000671. The largest absolute Gasteiger partial charge is 0.507 e. The highest BCUT2D eigenvalue weighted by molar-refractivity contribution is 6.51. The Labute approximate surface area is 212 Å². The van der Waals surface area contributed by atoms with Gasteiger partial charge in [-0.05, 0) is 80.6 Å². The number of benzene rings is 2. The predicted octanol–water partition coefficient (Wildman–Crippen LogP) is 6.53. The van der Waals surface area contributed by atoms with Gasteiger partial charge in [0.2, 0.25) is 0 Å². The number of Topliss-reactive ketones (excluding diaryl/α,β-unsaturated/α-hetero) is 1. The monoisotopic (exact) mass is 487 g/mol. The number of rotatable bonds is 5. The molecule has 0 spiro atoms. The molecular weight excluding hydrogens is 454 g/mol. The van der Waals surface area contributed by atoms with Crippen molar-refractivity contribution in [2.75, 3.05) is 11.5 Å². The van der Waals surface area contributed by atoms with Crippen LogP contribution in [0.25, 0.3) is 5.76 Å². The van der Waals surface area contributed by atoms with Crippen molar-refractivity contribution in [1.29, 1.82) is 0 Å². The summed E-state index contributed by atoms with van der Waals surface area (Å²) < 4.78 is 11.7. The van der Waals surface area contributed by atoms with Crippen LogP contribution < -0.4 is 9.64 Å². The smallest absolute Gasteiger partial charge is 0.300 e. The summed E-state index contributed by atoms with van der Waals surface area (Å²) in [4.78, 5) is 28.3. The molecule has 0 aliphatic carbocycles. The molecule has 6 nitrogen and oxygen atoms in total. The Hall–Kier alpha value is -3.80. The standard InChI is InChI=1S/C30H33NO5/c1-8-35-23-14-12-20(16-21(23)30(5,6)7)27(32)25-26(24-13-11-19(4)36-24)31(29(34)28(25)33)22-15-17(2)9-10-18(22)3/h9-16,26,32H,8H2,1-7H3/b27-25-. The SMILES string of the molecule is CCOc1ccc(/C(O)=C2/C(=O)C(=O)N(c3cc(C)ccc3C)C2c2ccc(C)o2)cc1C(C)(C)C. The maximum Gasteiger partial charge on any atom is 0.300 e. The van der Waals surface area contributed by atoms with Gasteiger partial charge in [0.05, 0.1) is 12.2 Å². The maximum absolute atomic E-state index is 13.5. The lowest BCUT2D eigenvalue weighted by atomic mass is 9.84. The Kier molecular flexibility index (Phi) is 6.56. The molecule has 2 aromatic carbocycles. The van der Waals surface area contributed by atoms with E-state index in [1.165, 1.54) is 4.90 Å². The number of hydrogen-bond acceptors (Lipinski definition) is 5. The minimum Gasteiger partial charge on any atom is -0.507 e. The highest BCUT2D eigenvalue weighted by Gasteiger charge is 2.49. The fourth-order valence-electron chi connectivity index (χ4n) is 4.63. The summed E-state index contributed by atoms with van der Waals surface area (Å²) in [6.45, 7) is 14.2.